The molecular formula is C31H34N4O2. The van der Waals surface area contributed by atoms with Crippen LogP contribution in [0, 0.1) is 6.92 Å². The maximum absolute atomic E-state index is 11.5. The van der Waals surface area contributed by atoms with Crippen molar-refractivity contribution in [3.63, 3.8) is 0 Å². The number of ether oxygens (including phenoxy) is 1. The van der Waals surface area contributed by atoms with Crippen molar-refractivity contribution in [1.29, 1.82) is 0 Å². The lowest BCUT2D eigenvalue weighted by atomic mass is 9.94. The Morgan fingerprint density at radius 3 is 2.24 bits per heavy atom. The Morgan fingerprint density at radius 2 is 1.59 bits per heavy atom. The van der Waals surface area contributed by atoms with E-state index in [1.54, 1.807) is 12.1 Å². The van der Waals surface area contributed by atoms with E-state index in [2.05, 4.69) is 61.7 Å². The molecule has 0 unspecified atom stereocenters. The number of amides is 1. The molecule has 0 saturated carbocycles. The molecule has 0 bridgehead atoms. The van der Waals surface area contributed by atoms with Crippen LogP contribution in [-0.2, 0) is 10.2 Å². The first-order valence-corrected chi connectivity index (χ1v) is 12.9. The average Bonchev–Trinajstić information content (AvgIpc) is 3.31. The number of carbonyl (C=O) groups is 1. The molecule has 1 aliphatic rings. The number of rotatable bonds is 5. The van der Waals surface area contributed by atoms with E-state index in [0.717, 1.165) is 71.3 Å². The molecule has 5 rings (SSSR count). The van der Waals surface area contributed by atoms with Gasteiger partial charge in [-0.15, -0.1) is 0 Å². The summed E-state index contributed by atoms with van der Waals surface area (Å²) in [6, 6.07) is 22.3. The fourth-order valence-corrected chi connectivity index (χ4v) is 5.05. The van der Waals surface area contributed by atoms with Crippen molar-refractivity contribution >= 4 is 5.91 Å². The number of hydrogen-bond acceptors (Lipinski definition) is 4. The Balaban J connectivity index is 1.72. The number of imidazole rings is 1. The Hall–Kier alpha value is -3.77. The van der Waals surface area contributed by atoms with Crippen molar-refractivity contribution in [2.75, 3.05) is 13.2 Å². The molecule has 1 amide bonds. The Labute approximate surface area is 218 Å². The lowest BCUT2D eigenvalue weighted by Crippen LogP contribution is -2.26. The molecule has 4 aromatic rings. The maximum atomic E-state index is 11.5. The summed E-state index contributed by atoms with van der Waals surface area (Å²) >= 11 is 0. The van der Waals surface area contributed by atoms with Crippen LogP contribution in [0.3, 0.4) is 0 Å². The lowest BCUT2D eigenvalue weighted by molar-refractivity contribution is 0.0684. The summed E-state index contributed by atoms with van der Waals surface area (Å²) in [6.07, 6.45) is 1.90. The zero-order valence-electron chi connectivity index (χ0n) is 22.0. The highest BCUT2D eigenvalue weighted by Gasteiger charge is 2.32. The molecule has 1 fully saturated rings. The van der Waals surface area contributed by atoms with Crippen LogP contribution < -0.4 is 5.73 Å². The molecule has 0 radical (unpaired) electrons. The molecule has 2 aromatic carbocycles. The lowest BCUT2D eigenvalue weighted by Gasteiger charge is -2.30. The van der Waals surface area contributed by atoms with Crippen molar-refractivity contribution < 1.29 is 9.53 Å². The summed E-state index contributed by atoms with van der Waals surface area (Å²) in [5.74, 6) is 0.632. The number of primary amides is 1. The molecule has 3 heterocycles. The molecule has 1 saturated heterocycles. The van der Waals surface area contributed by atoms with Crippen LogP contribution in [0.4, 0.5) is 0 Å². The van der Waals surface area contributed by atoms with Gasteiger partial charge in [-0.3, -0.25) is 9.78 Å². The third-order valence-corrected chi connectivity index (χ3v) is 6.91. The standard InChI is InChI=1S/C31H34N4O2/c1-20-7-5-10-26(33-20)28-27(34-30(31(2,3)4)35(28)25-15-17-37-18-16-25)24-9-6-8-23(19-24)21-11-13-22(14-12-21)29(32)36/h5-14,19,25H,15-18H2,1-4H3,(H2,32,36). The number of carbonyl (C=O) groups excluding carboxylic acids is 1. The summed E-state index contributed by atoms with van der Waals surface area (Å²) < 4.78 is 8.15. The van der Waals surface area contributed by atoms with Gasteiger partial charge in [-0.05, 0) is 61.2 Å². The average molecular weight is 495 g/mol. The van der Waals surface area contributed by atoms with Gasteiger partial charge in [0.2, 0.25) is 5.91 Å². The second kappa shape index (κ2) is 9.94. The summed E-state index contributed by atoms with van der Waals surface area (Å²) in [5.41, 5.74) is 12.8. The first-order chi connectivity index (χ1) is 17.7. The van der Waals surface area contributed by atoms with Crippen molar-refractivity contribution in [3.8, 4) is 33.8 Å². The van der Waals surface area contributed by atoms with E-state index < -0.39 is 5.91 Å². The van der Waals surface area contributed by atoms with Gasteiger partial charge in [-0.25, -0.2) is 4.98 Å². The third kappa shape index (κ3) is 5.07. The quantitative estimate of drug-likeness (QED) is 0.351. The molecule has 0 atom stereocenters. The highest BCUT2D eigenvalue weighted by Crippen LogP contribution is 2.41. The minimum atomic E-state index is -0.427. The molecule has 6 heteroatoms. The predicted octanol–water partition coefficient (Wildman–Crippen LogP) is 6.34. The van der Waals surface area contributed by atoms with E-state index in [0.29, 0.717) is 11.6 Å². The van der Waals surface area contributed by atoms with Crippen LogP contribution >= 0.6 is 0 Å². The predicted molar refractivity (Wildman–Crippen MR) is 147 cm³/mol. The van der Waals surface area contributed by atoms with Gasteiger partial charge in [0.1, 0.15) is 5.82 Å². The largest absolute Gasteiger partial charge is 0.381 e. The number of pyridine rings is 1. The minimum Gasteiger partial charge on any atom is -0.381 e. The highest BCUT2D eigenvalue weighted by molar-refractivity contribution is 5.93. The van der Waals surface area contributed by atoms with Crippen LogP contribution in [0.15, 0.2) is 66.7 Å². The molecule has 2 aromatic heterocycles. The summed E-state index contributed by atoms with van der Waals surface area (Å²) in [7, 11) is 0. The van der Waals surface area contributed by atoms with Gasteiger partial charge >= 0.3 is 0 Å². The first-order valence-electron chi connectivity index (χ1n) is 12.9. The number of nitrogens with zero attached hydrogens (tertiary/aromatic N) is 3. The number of nitrogens with two attached hydrogens (primary N) is 1. The van der Waals surface area contributed by atoms with Crippen LogP contribution in [0.25, 0.3) is 33.8 Å². The van der Waals surface area contributed by atoms with Gasteiger partial charge in [0.15, 0.2) is 0 Å². The van der Waals surface area contributed by atoms with E-state index in [9.17, 15) is 4.79 Å². The minimum absolute atomic E-state index is 0.155. The topological polar surface area (TPSA) is 83.0 Å². The van der Waals surface area contributed by atoms with E-state index in [1.807, 2.05) is 25.1 Å². The summed E-state index contributed by atoms with van der Waals surface area (Å²) in [5, 5.41) is 0. The Kier molecular flexibility index (Phi) is 6.69. The van der Waals surface area contributed by atoms with Crippen LogP contribution in [0.1, 0.15) is 61.5 Å². The SMILES string of the molecule is Cc1cccc(-c2c(-c3cccc(-c4ccc(C(N)=O)cc4)c3)nc(C(C)(C)C)n2C2CCOCC2)n1. The number of benzene rings is 2. The molecule has 0 aliphatic carbocycles. The molecule has 1 aliphatic heterocycles. The second-order valence-corrected chi connectivity index (χ2v) is 10.8. The normalized spacial score (nSPS) is 14.6. The van der Waals surface area contributed by atoms with Crippen molar-refractivity contribution in [2.24, 2.45) is 5.73 Å². The Morgan fingerprint density at radius 1 is 0.919 bits per heavy atom. The Bertz CT molecular complexity index is 1420. The fraction of sp³-hybridized carbons (Fsp3) is 0.323. The fourth-order valence-electron chi connectivity index (χ4n) is 5.05. The third-order valence-electron chi connectivity index (χ3n) is 6.91. The van der Waals surface area contributed by atoms with Gasteiger partial charge in [0.05, 0.1) is 17.1 Å². The summed E-state index contributed by atoms with van der Waals surface area (Å²) in [6.45, 7) is 10.2. The van der Waals surface area contributed by atoms with E-state index in [1.165, 1.54) is 0 Å². The monoisotopic (exact) mass is 494 g/mol. The van der Waals surface area contributed by atoms with Crippen molar-refractivity contribution in [3.05, 3.63) is 83.8 Å². The van der Waals surface area contributed by atoms with Crippen molar-refractivity contribution in [2.45, 2.75) is 52.0 Å². The van der Waals surface area contributed by atoms with Crippen molar-refractivity contribution in [1.82, 2.24) is 14.5 Å². The van der Waals surface area contributed by atoms with Gasteiger partial charge in [0, 0.05) is 41.5 Å². The summed E-state index contributed by atoms with van der Waals surface area (Å²) in [4.78, 5) is 21.8. The van der Waals surface area contributed by atoms with E-state index >= 15 is 0 Å². The molecule has 37 heavy (non-hydrogen) atoms. The second-order valence-electron chi connectivity index (χ2n) is 10.8. The molecule has 0 spiro atoms. The number of aromatic nitrogens is 3. The van der Waals surface area contributed by atoms with Crippen LogP contribution in [0.5, 0.6) is 0 Å². The van der Waals surface area contributed by atoms with E-state index in [4.69, 9.17) is 20.4 Å². The van der Waals surface area contributed by atoms with Crippen LogP contribution in [0.2, 0.25) is 0 Å². The van der Waals surface area contributed by atoms with Gasteiger partial charge < -0.3 is 15.0 Å². The number of hydrogen-bond donors (Lipinski definition) is 1. The molecular weight excluding hydrogens is 460 g/mol. The highest BCUT2D eigenvalue weighted by atomic mass is 16.5. The van der Waals surface area contributed by atoms with E-state index in [-0.39, 0.29) is 5.41 Å². The molecule has 2 N–H and O–H groups in total. The smallest absolute Gasteiger partial charge is 0.248 e. The molecule has 6 nitrogen and oxygen atoms in total. The maximum Gasteiger partial charge on any atom is 0.248 e. The van der Waals surface area contributed by atoms with Gasteiger partial charge in [-0.1, -0.05) is 57.2 Å². The van der Waals surface area contributed by atoms with Crippen LogP contribution in [-0.4, -0.2) is 33.7 Å². The first kappa shape index (κ1) is 24.9. The zero-order chi connectivity index (χ0) is 26.2. The zero-order valence-corrected chi connectivity index (χ0v) is 22.0. The van der Waals surface area contributed by atoms with Gasteiger partial charge in [-0.2, -0.15) is 0 Å². The molecule has 190 valence electrons. The number of aryl methyl sites for hydroxylation is 1. The van der Waals surface area contributed by atoms with Gasteiger partial charge in [0.25, 0.3) is 0 Å².